The number of carboxylic acids is 1. The summed E-state index contributed by atoms with van der Waals surface area (Å²) in [5.41, 5.74) is 0.383. The summed E-state index contributed by atoms with van der Waals surface area (Å²) in [6.45, 7) is 0. The summed E-state index contributed by atoms with van der Waals surface area (Å²) in [5, 5.41) is 23.9. The molecule has 0 atom stereocenters. The summed E-state index contributed by atoms with van der Waals surface area (Å²) in [7, 11) is 0. The van der Waals surface area contributed by atoms with E-state index in [1.54, 1.807) is 12.1 Å². The molecule has 1 aromatic carbocycles. The molecule has 8 heteroatoms. The number of hydrogen-bond acceptors (Lipinski definition) is 5. The monoisotopic (exact) mass is 390 g/mol. The molecule has 0 bridgehead atoms. The van der Waals surface area contributed by atoms with Crippen molar-refractivity contribution >= 4 is 57.0 Å². The van der Waals surface area contributed by atoms with Crippen molar-refractivity contribution in [1.29, 1.82) is 0 Å². The van der Waals surface area contributed by atoms with Gasteiger partial charge in [0.05, 0.1) is 10.3 Å². The summed E-state index contributed by atoms with van der Waals surface area (Å²) in [6.07, 6.45) is 0. The molecule has 2 aromatic rings. The fourth-order valence-electron chi connectivity index (χ4n) is 1.44. The highest BCUT2D eigenvalue weighted by Gasteiger charge is 2.24. The lowest BCUT2D eigenvalue weighted by atomic mass is 10.3. The molecule has 6 nitrogen and oxygen atoms in total. The van der Waals surface area contributed by atoms with Gasteiger partial charge in [-0.2, -0.15) is 0 Å². The first-order valence-electron chi connectivity index (χ1n) is 5.01. The van der Waals surface area contributed by atoms with Crippen LogP contribution in [0.15, 0.2) is 29.6 Å². The number of carbonyl (C=O) groups is 1. The summed E-state index contributed by atoms with van der Waals surface area (Å²) in [4.78, 5) is 21.3. The number of anilines is 2. The molecular formula is C11H7IN2O4S. The standard InChI is InChI=1S/C11H7IN2O4S/c12-6-1-3-7(4-2-6)13-9-8(14(17)18)5-19-10(9)11(15)16/h1-5,13H,(H,15,16). The van der Waals surface area contributed by atoms with E-state index in [9.17, 15) is 14.9 Å². The smallest absolute Gasteiger partial charge is 0.348 e. The van der Waals surface area contributed by atoms with Gasteiger partial charge in [-0.05, 0) is 46.9 Å². The van der Waals surface area contributed by atoms with Crippen molar-refractivity contribution in [3.63, 3.8) is 0 Å². The van der Waals surface area contributed by atoms with Crippen molar-refractivity contribution < 1.29 is 14.8 Å². The van der Waals surface area contributed by atoms with E-state index in [0.29, 0.717) is 5.69 Å². The number of rotatable bonds is 4. The zero-order valence-corrected chi connectivity index (χ0v) is 12.3. The number of hydrogen-bond donors (Lipinski definition) is 2. The van der Waals surface area contributed by atoms with Crippen LogP contribution in [0.3, 0.4) is 0 Å². The van der Waals surface area contributed by atoms with Crippen LogP contribution in [0, 0.1) is 13.7 Å². The average Bonchev–Trinajstić information content (AvgIpc) is 2.76. The Hall–Kier alpha value is -1.68. The Labute approximate surface area is 125 Å². The van der Waals surface area contributed by atoms with Crippen molar-refractivity contribution in [2.45, 2.75) is 0 Å². The van der Waals surface area contributed by atoms with Crippen LogP contribution in [0.2, 0.25) is 0 Å². The van der Waals surface area contributed by atoms with Crippen molar-refractivity contribution in [2.24, 2.45) is 0 Å². The van der Waals surface area contributed by atoms with Crippen LogP contribution in [0.25, 0.3) is 0 Å². The Morgan fingerprint density at radius 3 is 2.53 bits per heavy atom. The number of benzene rings is 1. The number of carboxylic acid groups (broad SMARTS) is 1. The predicted molar refractivity (Wildman–Crippen MR) is 80.4 cm³/mol. The van der Waals surface area contributed by atoms with Crippen molar-refractivity contribution in [2.75, 3.05) is 5.32 Å². The highest BCUT2D eigenvalue weighted by molar-refractivity contribution is 14.1. The maximum absolute atomic E-state index is 11.0. The Kier molecular flexibility index (Phi) is 4.00. The Bertz CT molecular complexity index is 607. The first-order valence-corrected chi connectivity index (χ1v) is 6.96. The van der Waals surface area contributed by atoms with Gasteiger partial charge in [-0.25, -0.2) is 4.79 Å². The van der Waals surface area contributed by atoms with E-state index in [2.05, 4.69) is 27.9 Å². The Balaban J connectivity index is 2.42. The maximum atomic E-state index is 11.0. The summed E-state index contributed by atoms with van der Waals surface area (Å²) < 4.78 is 1.02. The van der Waals surface area contributed by atoms with Crippen molar-refractivity contribution in [3.05, 3.63) is 48.2 Å². The molecule has 0 aliphatic heterocycles. The van der Waals surface area contributed by atoms with Gasteiger partial charge in [0.2, 0.25) is 0 Å². The zero-order valence-electron chi connectivity index (χ0n) is 9.29. The molecule has 0 fully saturated rings. The highest BCUT2D eigenvalue weighted by atomic mass is 127. The van der Waals surface area contributed by atoms with Gasteiger partial charge in [-0.3, -0.25) is 10.1 Å². The topological polar surface area (TPSA) is 92.5 Å². The van der Waals surface area contributed by atoms with Crippen molar-refractivity contribution in [3.8, 4) is 0 Å². The average molecular weight is 390 g/mol. The molecule has 0 saturated heterocycles. The van der Waals surface area contributed by atoms with Crippen LogP contribution >= 0.6 is 33.9 Å². The van der Waals surface area contributed by atoms with Crippen LogP contribution in [0.5, 0.6) is 0 Å². The van der Waals surface area contributed by atoms with Gasteiger partial charge < -0.3 is 10.4 Å². The largest absolute Gasteiger partial charge is 0.477 e. The van der Waals surface area contributed by atoms with E-state index in [1.165, 1.54) is 5.38 Å². The number of aromatic carboxylic acids is 1. The molecule has 0 aliphatic carbocycles. The molecule has 0 spiro atoms. The third-order valence-electron chi connectivity index (χ3n) is 2.28. The Morgan fingerprint density at radius 2 is 2.00 bits per heavy atom. The first-order chi connectivity index (χ1) is 8.99. The minimum atomic E-state index is -1.19. The molecule has 0 radical (unpaired) electrons. The van der Waals surface area contributed by atoms with Crippen LogP contribution in [0.1, 0.15) is 9.67 Å². The van der Waals surface area contributed by atoms with Gasteiger partial charge in [0.25, 0.3) is 0 Å². The minimum absolute atomic E-state index is 0.0173. The van der Waals surface area contributed by atoms with Gasteiger partial charge in [0, 0.05) is 9.26 Å². The van der Waals surface area contributed by atoms with E-state index in [4.69, 9.17) is 5.11 Å². The van der Waals surface area contributed by atoms with Gasteiger partial charge in [0.15, 0.2) is 0 Å². The van der Waals surface area contributed by atoms with E-state index in [-0.39, 0.29) is 16.3 Å². The maximum Gasteiger partial charge on any atom is 0.348 e. The second kappa shape index (κ2) is 5.53. The quantitative estimate of drug-likeness (QED) is 0.472. The number of thiophene rings is 1. The third-order valence-corrected chi connectivity index (χ3v) is 3.95. The molecule has 1 heterocycles. The van der Waals surface area contributed by atoms with E-state index in [1.807, 2.05) is 12.1 Å². The van der Waals surface area contributed by atoms with Crippen molar-refractivity contribution in [1.82, 2.24) is 0 Å². The summed E-state index contributed by atoms with van der Waals surface area (Å²) in [6, 6.07) is 7.10. The molecular weight excluding hydrogens is 383 g/mol. The molecule has 0 unspecified atom stereocenters. The number of halogens is 1. The van der Waals surface area contributed by atoms with Crippen LogP contribution in [-0.4, -0.2) is 16.0 Å². The molecule has 0 aliphatic rings. The molecule has 19 heavy (non-hydrogen) atoms. The molecule has 0 saturated carbocycles. The number of nitro groups is 1. The lowest BCUT2D eigenvalue weighted by Crippen LogP contribution is -2.01. The molecule has 2 N–H and O–H groups in total. The SMILES string of the molecule is O=C(O)c1scc([N+](=O)[O-])c1Nc1ccc(I)cc1. The van der Waals surface area contributed by atoms with Gasteiger partial charge in [-0.15, -0.1) is 11.3 Å². The van der Waals surface area contributed by atoms with E-state index < -0.39 is 10.9 Å². The Morgan fingerprint density at radius 1 is 1.37 bits per heavy atom. The van der Waals surface area contributed by atoms with Crippen LogP contribution < -0.4 is 5.32 Å². The molecule has 0 amide bonds. The second-order valence-electron chi connectivity index (χ2n) is 3.52. The summed E-state index contributed by atoms with van der Waals surface area (Å²) in [5.74, 6) is -1.19. The zero-order chi connectivity index (χ0) is 14.0. The minimum Gasteiger partial charge on any atom is -0.477 e. The van der Waals surface area contributed by atoms with E-state index >= 15 is 0 Å². The normalized spacial score (nSPS) is 10.2. The highest BCUT2D eigenvalue weighted by Crippen LogP contribution is 2.36. The lowest BCUT2D eigenvalue weighted by molar-refractivity contribution is -0.383. The van der Waals surface area contributed by atoms with Crippen LogP contribution in [0.4, 0.5) is 17.1 Å². The summed E-state index contributed by atoms with van der Waals surface area (Å²) >= 11 is 2.96. The van der Waals surface area contributed by atoms with E-state index in [0.717, 1.165) is 14.9 Å². The predicted octanol–water partition coefficient (Wildman–Crippen LogP) is 3.70. The third kappa shape index (κ3) is 3.01. The fourth-order valence-corrected chi connectivity index (χ4v) is 2.61. The fraction of sp³-hybridized carbons (Fsp3) is 0. The molecule has 98 valence electrons. The van der Waals surface area contributed by atoms with Crippen LogP contribution in [-0.2, 0) is 0 Å². The number of nitrogens with zero attached hydrogens (tertiary/aromatic N) is 1. The second-order valence-corrected chi connectivity index (χ2v) is 5.64. The van der Waals surface area contributed by atoms with Gasteiger partial charge in [0.1, 0.15) is 10.6 Å². The van der Waals surface area contributed by atoms with Gasteiger partial charge >= 0.3 is 11.7 Å². The number of nitrogens with one attached hydrogen (secondary N) is 1. The molecule has 2 rings (SSSR count). The lowest BCUT2D eigenvalue weighted by Gasteiger charge is -2.05. The first kappa shape index (κ1) is 13.7. The molecule has 1 aromatic heterocycles. The van der Waals surface area contributed by atoms with Gasteiger partial charge in [-0.1, -0.05) is 0 Å².